The number of carboxylic acid groups (broad SMARTS) is 2. The van der Waals surface area contributed by atoms with Crippen LogP contribution in [0.5, 0.6) is 0 Å². The number of carboxylic acids is 2. The van der Waals surface area contributed by atoms with Crippen LogP contribution in [0.25, 0.3) is 0 Å². The lowest BCUT2D eigenvalue weighted by atomic mass is 10.1. The minimum absolute atomic E-state index is 0.0209. The molecule has 0 atom stereocenters. The van der Waals surface area contributed by atoms with Crippen molar-refractivity contribution in [2.45, 2.75) is 32.9 Å². The first-order valence-electron chi connectivity index (χ1n) is 10.6. The van der Waals surface area contributed by atoms with Crippen molar-refractivity contribution in [1.82, 2.24) is 10.2 Å². The highest BCUT2D eigenvalue weighted by Crippen LogP contribution is 2.26. The van der Waals surface area contributed by atoms with E-state index in [1.54, 1.807) is 19.1 Å². The Balaban J connectivity index is 0.000000718. The number of rotatable bonds is 8. The van der Waals surface area contributed by atoms with Gasteiger partial charge in [-0.1, -0.05) is 13.8 Å². The predicted octanol–water partition coefficient (Wildman–Crippen LogP) is 2.01. The fraction of sp³-hybridized carbons (Fsp3) is 0.524. The number of halogens is 3. The number of hydrogen-bond acceptors (Lipinski definition) is 6. The minimum atomic E-state index is -5.08. The molecule has 0 aliphatic carbocycles. The maximum atomic E-state index is 11.8. The normalized spacial score (nSPS) is 14.0. The number of benzene rings is 1. The monoisotopic (exact) mass is 490 g/mol. The van der Waals surface area contributed by atoms with Gasteiger partial charge in [-0.25, -0.2) is 9.59 Å². The van der Waals surface area contributed by atoms with Gasteiger partial charge in [0, 0.05) is 44.8 Å². The summed E-state index contributed by atoms with van der Waals surface area (Å²) in [4.78, 5) is 48.0. The lowest BCUT2D eigenvalue weighted by Crippen LogP contribution is -2.49. The summed E-state index contributed by atoms with van der Waals surface area (Å²) in [6.45, 7) is 7.45. The molecular formula is C21H29F3N4O6. The van der Waals surface area contributed by atoms with Gasteiger partial charge in [-0.15, -0.1) is 0 Å². The van der Waals surface area contributed by atoms with Crippen LogP contribution >= 0.6 is 0 Å². The van der Waals surface area contributed by atoms with Gasteiger partial charge >= 0.3 is 18.1 Å². The van der Waals surface area contributed by atoms with Crippen molar-refractivity contribution in [2.75, 3.05) is 49.5 Å². The van der Waals surface area contributed by atoms with Crippen molar-refractivity contribution in [1.29, 1.82) is 0 Å². The average Bonchev–Trinajstić information content (AvgIpc) is 2.78. The van der Waals surface area contributed by atoms with Crippen LogP contribution in [0.15, 0.2) is 18.2 Å². The van der Waals surface area contributed by atoms with Crippen molar-refractivity contribution in [3.8, 4) is 0 Å². The number of aliphatic carboxylic acids is 1. The van der Waals surface area contributed by atoms with Gasteiger partial charge in [0.25, 0.3) is 0 Å². The highest BCUT2D eigenvalue weighted by atomic mass is 19.4. The third-order valence-electron chi connectivity index (χ3n) is 4.73. The molecule has 13 heteroatoms. The fourth-order valence-corrected chi connectivity index (χ4v) is 2.98. The summed E-state index contributed by atoms with van der Waals surface area (Å²) in [7, 11) is 0. The van der Waals surface area contributed by atoms with E-state index in [9.17, 15) is 32.7 Å². The van der Waals surface area contributed by atoms with Crippen LogP contribution in [0.4, 0.5) is 24.5 Å². The number of aromatic carboxylic acids is 1. The first-order chi connectivity index (χ1) is 15.9. The first kappa shape index (κ1) is 28.7. The fourth-order valence-electron chi connectivity index (χ4n) is 2.98. The van der Waals surface area contributed by atoms with E-state index in [-0.39, 0.29) is 17.4 Å². The number of piperazine rings is 1. The average molecular weight is 490 g/mol. The summed E-state index contributed by atoms with van der Waals surface area (Å²) in [6, 6.07) is 4.95. The molecule has 0 saturated carbocycles. The molecule has 2 rings (SSSR count). The molecule has 1 aromatic rings. The Morgan fingerprint density at radius 3 is 2.06 bits per heavy atom. The van der Waals surface area contributed by atoms with E-state index in [1.807, 2.05) is 11.8 Å². The van der Waals surface area contributed by atoms with E-state index in [4.69, 9.17) is 9.90 Å². The summed E-state index contributed by atoms with van der Waals surface area (Å²) in [5.74, 6) is -3.92. The second-order valence-corrected chi connectivity index (χ2v) is 7.35. The molecule has 1 saturated heterocycles. The van der Waals surface area contributed by atoms with Crippen molar-refractivity contribution >= 4 is 35.1 Å². The minimum Gasteiger partial charge on any atom is -0.478 e. The number of nitrogens with one attached hydrogen (secondary N) is 2. The SMILES string of the molecule is CCCNC(=O)CN1CCN(c2ccc(NC(=O)CC)cc2C(=O)O)CC1.O=C(O)C(F)(F)F. The van der Waals surface area contributed by atoms with E-state index in [2.05, 4.69) is 15.5 Å². The Labute approximate surface area is 194 Å². The quantitative estimate of drug-likeness (QED) is 0.434. The second kappa shape index (κ2) is 13.4. The zero-order valence-electron chi connectivity index (χ0n) is 18.9. The van der Waals surface area contributed by atoms with Crippen LogP contribution in [0.3, 0.4) is 0 Å². The molecule has 2 amide bonds. The van der Waals surface area contributed by atoms with Gasteiger partial charge in [-0.3, -0.25) is 14.5 Å². The number of anilines is 2. The number of alkyl halides is 3. The van der Waals surface area contributed by atoms with Gasteiger partial charge in [-0.2, -0.15) is 13.2 Å². The molecule has 190 valence electrons. The van der Waals surface area contributed by atoms with E-state index in [1.165, 1.54) is 6.07 Å². The molecule has 1 aliphatic heterocycles. The van der Waals surface area contributed by atoms with Gasteiger partial charge in [0.2, 0.25) is 11.8 Å². The zero-order chi connectivity index (χ0) is 25.9. The molecule has 0 unspecified atom stereocenters. The van der Waals surface area contributed by atoms with Crippen LogP contribution in [0.2, 0.25) is 0 Å². The van der Waals surface area contributed by atoms with Crippen LogP contribution in [0, 0.1) is 0 Å². The topological polar surface area (TPSA) is 139 Å². The standard InChI is InChI=1S/C19H28N4O4.C2HF3O2/c1-3-7-20-18(25)13-22-8-10-23(11-9-22)16-6-5-14(21-17(24)4-2)12-15(16)19(26)27;3-2(4,5)1(6)7/h5-6,12H,3-4,7-11,13H2,1-2H3,(H,20,25)(H,21,24)(H,26,27);(H,6,7). The van der Waals surface area contributed by atoms with Crippen LogP contribution in [0.1, 0.15) is 37.0 Å². The highest BCUT2D eigenvalue weighted by Gasteiger charge is 2.38. The Morgan fingerprint density at radius 2 is 1.59 bits per heavy atom. The zero-order valence-corrected chi connectivity index (χ0v) is 18.9. The van der Waals surface area contributed by atoms with Crippen molar-refractivity contribution in [3.05, 3.63) is 23.8 Å². The Bertz CT molecular complexity index is 871. The number of amides is 2. The molecule has 0 bridgehead atoms. The molecule has 10 nitrogen and oxygen atoms in total. The van der Waals surface area contributed by atoms with Crippen molar-refractivity contribution in [2.24, 2.45) is 0 Å². The summed E-state index contributed by atoms with van der Waals surface area (Å²) >= 11 is 0. The lowest BCUT2D eigenvalue weighted by molar-refractivity contribution is -0.192. The first-order valence-corrected chi connectivity index (χ1v) is 10.6. The third-order valence-corrected chi connectivity index (χ3v) is 4.73. The van der Waals surface area contributed by atoms with Crippen LogP contribution < -0.4 is 15.5 Å². The molecule has 1 aromatic carbocycles. The van der Waals surface area contributed by atoms with Gasteiger partial charge in [-0.05, 0) is 24.6 Å². The lowest BCUT2D eigenvalue weighted by Gasteiger charge is -2.36. The molecule has 0 spiro atoms. The third kappa shape index (κ3) is 9.65. The Hall–Kier alpha value is -3.35. The van der Waals surface area contributed by atoms with Crippen molar-refractivity contribution in [3.63, 3.8) is 0 Å². The number of carbonyl (C=O) groups is 4. The van der Waals surface area contributed by atoms with Crippen molar-refractivity contribution < 1.29 is 42.6 Å². The summed E-state index contributed by atoms with van der Waals surface area (Å²) in [5.41, 5.74) is 1.28. The van der Waals surface area contributed by atoms with Gasteiger partial charge in [0.05, 0.1) is 17.8 Å². The summed E-state index contributed by atoms with van der Waals surface area (Å²) in [5, 5.41) is 22.2. The highest BCUT2D eigenvalue weighted by molar-refractivity contribution is 5.98. The van der Waals surface area contributed by atoms with E-state index in [0.717, 1.165) is 6.42 Å². The maximum Gasteiger partial charge on any atom is 0.490 e. The molecular weight excluding hydrogens is 461 g/mol. The number of nitrogens with zero attached hydrogens (tertiary/aromatic N) is 2. The number of carbonyl (C=O) groups excluding carboxylic acids is 2. The number of hydrogen-bond donors (Lipinski definition) is 4. The predicted molar refractivity (Wildman–Crippen MR) is 118 cm³/mol. The molecule has 4 N–H and O–H groups in total. The van der Waals surface area contributed by atoms with Gasteiger partial charge in [0.15, 0.2) is 0 Å². The van der Waals surface area contributed by atoms with Gasteiger partial charge < -0.3 is 25.7 Å². The Kier molecular flexibility index (Phi) is 11.3. The van der Waals surface area contributed by atoms with Crippen LogP contribution in [-0.4, -0.2) is 84.3 Å². The second-order valence-electron chi connectivity index (χ2n) is 7.35. The molecule has 0 radical (unpaired) electrons. The summed E-state index contributed by atoms with van der Waals surface area (Å²) in [6.07, 6.45) is -3.84. The smallest absolute Gasteiger partial charge is 0.478 e. The van der Waals surface area contributed by atoms with Crippen LogP contribution in [-0.2, 0) is 14.4 Å². The summed E-state index contributed by atoms with van der Waals surface area (Å²) < 4.78 is 31.7. The van der Waals surface area contributed by atoms with E-state index >= 15 is 0 Å². The van der Waals surface area contributed by atoms with E-state index < -0.39 is 18.1 Å². The largest absolute Gasteiger partial charge is 0.490 e. The molecule has 1 heterocycles. The molecule has 1 fully saturated rings. The molecule has 1 aliphatic rings. The van der Waals surface area contributed by atoms with Gasteiger partial charge in [0.1, 0.15) is 0 Å². The molecule has 0 aromatic heterocycles. The Morgan fingerprint density at radius 1 is 1.00 bits per heavy atom. The molecule has 34 heavy (non-hydrogen) atoms. The maximum absolute atomic E-state index is 11.8. The van der Waals surface area contributed by atoms with E-state index in [0.29, 0.717) is 57.1 Å².